The first-order valence-corrected chi connectivity index (χ1v) is 10.8. The Hall–Kier alpha value is -3.12. The first-order valence-electron chi connectivity index (χ1n) is 9.27. The predicted octanol–water partition coefficient (Wildman–Crippen LogP) is 1.61. The molecule has 0 saturated heterocycles. The minimum absolute atomic E-state index is 0.0727. The summed E-state index contributed by atoms with van der Waals surface area (Å²) in [6, 6.07) is 1.60. The van der Waals surface area contributed by atoms with Crippen molar-refractivity contribution in [2.75, 3.05) is 6.61 Å². The summed E-state index contributed by atoms with van der Waals surface area (Å²) in [6.07, 6.45) is 4.47. The smallest absolute Gasteiger partial charge is 0.276 e. The molecular weight excluding hydrogens is 432 g/mol. The van der Waals surface area contributed by atoms with Crippen LogP contribution in [0.4, 0.5) is 8.78 Å². The molecule has 0 fully saturated rings. The molecule has 12 heteroatoms. The molecule has 3 heterocycles. The zero-order chi connectivity index (χ0) is 22.4. The lowest BCUT2D eigenvalue weighted by molar-refractivity contribution is 0.0951. The number of fused-ring (bicyclic) bond motifs is 1. The second-order valence-electron chi connectivity index (χ2n) is 7.43. The van der Waals surface area contributed by atoms with Gasteiger partial charge in [-0.2, -0.15) is 4.72 Å². The van der Waals surface area contributed by atoms with Gasteiger partial charge in [0, 0.05) is 37.8 Å². The van der Waals surface area contributed by atoms with Crippen LogP contribution in [0, 0.1) is 0 Å². The average Bonchev–Trinajstić information content (AvgIpc) is 3.02. The fraction of sp³-hybridized carbons (Fsp3) is 0.316. The summed E-state index contributed by atoms with van der Waals surface area (Å²) in [5.41, 5.74) is -1.30. The van der Waals surface area contributed by atoms with Crippen LogP contribution in [0.15, 0.2) is 53.2 Å². The lowest BCUT2D eigenvalue weighted by Crippen LogP contribution is -2.47. The number of amides is 1. The highest BCUT2D eigenvalue weighted by molar-refractivity contribution is 7.89. The van der Waals surface area contributed by atoms with E-state index in [1.54, 1.807) is 13.0 Å². The third-order valence-corrected chi connectivity index (χ3v) is 6.52. The molecule has 0 aromatic carbocycles. The van der Waals surface area contributed by atoms with Crippen LogP contribution >= 0.6 is 0 Å². The number of nitrogens with zero attached hydrogens (tertiary/aromatic N) is 3. The maximum Gasteiger partial charge on any atom is 0.276 e. The number of nitrogens with one attached hydrogen (secondary N) is 2. The van der Waals surface area contributed by atoms with Crippen LogP contribution in [0.2, 0.25) is 0 Å². The topological polar surface area (TPSA) is 115 Å². The number of carbonyl (C=O) groups is 1. The van der Waals surface area contributed by atoms with Crippen molar-refractivity contribution in [2.45, 2.75) is 30.0 Å². The highest BCUT2D eigenvalue weighted by Crippen LogP contribution is 2.36. The molecule has 9 nitrogen and oxygen atoms in total. The third-order valence-electron chi connectivity index (χ3n) is 4.93. The minimum atomic E-state index is -4.11. The number of aryl methyl sites for hydroxylation is 1. The molecule has 2 aromatic heterocycles. The highest BCUT2D eigenvalue weighted by Gasteiger charge is 2.42. The van der Waals surface area contributed by atoms with E-state index in [0.29, 0.717) is 0 Å². The summed E-state index contributed by atoms with van der Waals surface area (Å²) < 4.78 is 62.5. The average molecular weight is 451 g/mol. The third kappa shape index (κ3) is 3.83. The molecule has 2 N–H and O–H groups in total. The van der Waals surface area contributed by atoms with Crippen LogP contribution in [0.3, 0.4) is 0 Å². The quantitative estimate of drug-likeness (QED) is 0.733. The number of sulfonamides is 1. The number of halogens is 2. The van der Waals surface area contributed by atoms with Crippen LogP contribution in [-0.4, -0.2) is 41.6 Å². The Balaban J connectivity index is 1.69. The van der Waals surface area contributed by atoms with Crippen molar-refractivity contribution in [1.29, 1.82) is 0 Å². The van der Waals surface area contributed by atoms with Gasteiger partial charge in [0.2, 0.25) is 10.0 Å². The molecule has 2 aromatic rings. The first kappa shape index (κ1) is 21.1. The van der Waals surface area contributed by atoms with E-state index < -0.39 is 33.5 Å². The Kier molecular flexibility index (Phi) is 5.13. The lowest BCUT2D eigenvalue weighted by atomic mass is 10.0. The fourth-order valence-electron chi connectivity index (χ4n) is 3.38. The normalized spacial score (nSPS) is 24.8. The summed E-state index contributed by atoms with van der Waals surface area (Å²) >= 11 is 0. The van der Waals surface area contributed by atoms with Gasteiger partial charge in [0.1, 0.15) is 22.9 Å². The Labute approximate surface area is 176 Å². The van der Waals surface area contributed by atoms with Gasteiger partial charge in [-0.25, -0.2) is 27.2 Å². The molecule has 1 aliphatic heterocycles. The van der Waals surface area contributed by atoms with Crippen molar-refractivity contribution < 1.29 is 26.7 Å². The van der Waals surface area contributed by atoms with E-state index in [-0.39, 0.29) is 40.9 Å². The van der Waals surface area contributed by atoms with Gasteiger partial charge in [-0.05, 0) is 19.1 Å². The number of carbonyl (C=O) groups excluding carboxylic acids is 1. The largest absolute Gasteiger partial charge is 0.487 e. The van der Waals surface area contributed by atoms with Gasteiger partial charge in [-0.15, -0.1) is 0 Å². The van der Waals surface area contributed by atoms with E-state index in [1.807, 2.05) is 0 Å². The molecule has 1 aliphatic carbocycles. The van der Waals surface area contributed by atoms with E-state index in [0.717, 1.165) is 6.08 Å². The monoisotopic (exact) mass is 451 g/mol. The van der Waals surface area contributed by atoms with Crippen LogP contribution in [0.25, 0.3) is 0 Å². The van der Waals surface area contributed by atoms with Crippen molar-refractivity contribution in [3.63, 3.8) is 0 Å². The Morgan fingerprint density at radius 3 is 2.77 bits per heavy atom. The van der Waals surface area contributed by atoms with Gasteiger partial charge >= 0.3 is 0 Å². The summed E-state index contributed by atoms with van der Waals surface area (Å²) in [7, 11) is -2.63. The lowest BCUT2D eigenvalue weighted by Gasteiger charge is -2.25. The predicted molar refractivity (Wildman–Crippen MR) is 105 cm³/mol. The number of ether oxygens (including phenoxy) is 1. The zero-order valence-electron chi connectivity index (χ0n) is 16.6. The van der Waals surface area contributed by atoms with Crippen LogP contribution in [0.1, 0.15) is 29.7 Å². The van der Waals surface area contributed by atoms with Crippen LogP contribution < -0.4 is 14.8 Å². The Bertz CT molecular complexity index is 1210. The van der Waals surface area contributed by atoms with Crippen molar-refractivity contribution >= 4 is 15.9 Å². The number of aromatic nitrogens is 3. The molecule has 1 amide bonds. The van der Waals surface area contributed by atoms with Gasteiger partial charge < -0.3 is 14.6 Å². The second-order valence-corrected chi connectivity index (χ2v) is 9.08. The number of allylic oxidation sites excluding steroid dienone is 3. The molecule has 2 aliphatic rings. The van der Waals surface area contributed by atoms with E-state index in [9.17, 15) is 22.0 Å². The molecule has 31 heavy (non-hydrogen) atoms. The maximum atomic E-state index is 13.5. The molecule has 2 atom stereocenters. The summed E-state index contributed by atoms with van der Waals surface area (Å²) in [4.78, 5) is 20.9. The minimum Gasteiger partial charge on any atom is -0.487 e. The standard InChI is InChI=1S/C19H19F2N5O4S/c1-19(18-22-6-3-7-23-18)10-30-16-14(31(28,29)25-19)9-26(2)15(16)17(27)24-11-4-5-12(20)13(21)8-11/h3-4,6-9,12,25H,5,10H2,1-2H3,(H,24,27). The first-order chi connectivity index (χ1) is 14.6. The fourth-order valence-corrected chi connectivity index (χ4v) is 4.93. The van der Waals surface area contributed by atoms with Gasteiger partial charge in [0.05, 0.1) is 0 Å². The molecular formula is C19H19F2N5O4S. The summed E-state index contributed by atoms with van der Waals surface area (Å²) in [5, 5.41) is 2.46. The second kappa shape index (κ2) is 7.54. The van der Waals surface area contributed by atoms with Crippen molar-refractivity contribution in [2.24, 2.45) is 7.05 Å². The molecule has 0 bridgehead atoms. The van der Waals surface area contributed by atoms with Crippen molar-refractivity contribution in [3.05, 3.63) is 59.9 Å². The molecule has 0 spiro atoms. The maximum absolute atomic E-state index is 13.5. The van der Waals surface area contributed by atoms with E-state index in [4.69, 9.17) is 4.74 Å². The van der Waals surface area contributed by atoms with Gasteiger partial charge in [-0.1, -0.05) is 6.08 Å². The van der Waals surface area contributed by atoms with Crippen molar-refractivity contribution in [3.8, 4) is 5.75 Å². The molecule has 4 rings (SSSR count). The number of hydrogen-bond acceptors (Lipinski definition) is 6. The van der Waals surface area contributed by atoms with Gasteiger partial charge in [-0.3, -0.25) is 4.79 Å². The number of rotatable bonds is 3. The summed E-state index contributed by atoms with van der Waals surface area (Å²) in [6.45, 7) is 1.38. The van der Waals surface area contributed by atoms with E-state index in [2.05, 4.69) is 20.0 Å². The highest BCUT2D eigenvalue weighted by atomic mass is 32.2. The molecule has 164 valence electrons. The Morgan fingerprint density at radius 1 is 1.39 bits per heavy atom. The van der Waals surface area contributed by atoms with Crippen LogP contribution in [-0.2, 0) is 22.6 Å². The van der Waals surface area contributed by atoms with Crippen molar-refractivity contribution in [1.82, 2.24) is 24.6 Å². The van der Waals surface area contributed by atoms with Crippen LogP contribution in [0.5, 0.6) is 5.75 Å². The molecule has 2 unspecified atom stereocenters. The van der Waals surface area contributed by atoms with Gasteiger partial charge in [0.15, 0.2) is 23.4 Å². The van der Waals surface area contributed by atoms with Gasteiger partial charge in [0.25, 0.3) is 5.91 Å². The SMILES string of the molecule is Cn1cc2c(c1C(=O)NC1=CCC(F)C(F)=C1)OCC(C)(c1ncccn1)NS2(=O)=O. The number of hydrogen-bond donors (Lipinski definition) is 2. The Morgan fingerprint density at radius 2 is 2.10 bits per heavy atom. The van der Waals surface area contributed by atoms with E-state index in [1.165, 1.54) is 36.3 Å². The molecule has 0 radical (unpaired) electrons. The summed E-state index contributed by atoms with van der Waals surface area (Å²) in [5.74, 6) is -1.68. The zero-order valence-corrected chi connectivity index (χ0v) is 17.4. The molecule has 0 saturated carbocycles. The number of alkyl halides is 1. The van der Waals surface area contributed by atoms with E-state index >= 15 is 0 Å².